The quantitative estimate of drug-likeness (QED) is 0.401. The summed E-state index contributed by atoms with van der Waals surface area (Å²) in [5.74, 6) is 5.35. The fourth-order valence-corrected chi connectivity index (χ4v) is 2.70. The molecule has 2 N–H and O–H groups in total. The highest BCUT2D eigenvalue weighted by Crippen LogP contribution is 2.45. The van der Waals surface area contributed by atoms with E-state index < -0.39 is 6.80 Å². The van der Waals surface area contributed by atoms with Gasteiger partial charge in [-0.05, 0) is 42.7 Å². The van der Waals surface area contributed by atoms with Crippen LogP contribution in [0.1, 0.15) is 30.4 Å². The zero-order valence-electron chi connectivity index (χ0n) is 13.7. The molecule has 0 saturated heterocycles. The number of benzene rings is 1. The Morgan fingerprint density at radius 2 is 2.20 bits per heavy atom. The molecule has 0 aliphatic heterocycles. The second-order valence-corrected chi connectivity index (χ2v) is 5.69. The molecule has 3 rings (SSSR count). The van der Waals surface area contributed by atoms with Gasteiger partial charge in [-0.15, -0.1) is 5.92 Å². The Hall–Kier alpha value is -2.94. The van der Waals surface area contributed by atoms with Crippen molar-refractivity contribution in [2.75, 3.05) is 6.80 Å². The van der Waals surface area contributed by atoms with Crippen molar-refractivity contribution < 1.29 is 13.5 Å². The number of hydrogen-bond donors (Lipinski definition) is 1. The van der Waals surface area contributed by atoms with E-state index in [9.17, 15) is 8.78 Å². The van der Waals surface area contributed by atoms with Gasteiger partial charge in [0.1, 0.15) is 11.9 Å². The molecule has 1 unspecified atom stereocenters. The molecule has 2 aromatic rings. The number of pyridine rings is 1. The average molecular weight is 341 g/mol. The Balaban J connectivity index is 1.83. The summed E-state index contributed by atoms with van der Waals surface area (Å²) < 4.78 is 31.6. The van der Waals surface area contributed by atoms with Crippen LogP contribution in [0.5, 0.6) is 0 Å². The van der Waals surface area contributed by atoms with Gasteiger partial charge in [-0.3, -0.25) is 4.98 Å². The van der Waals surface area contributed by atoms with Crippen LogP contribution in [-0.2, 0) is 4.74 Å². The van der Waals surface area contributed by atoms with Crippen LogP contribution >= 0.6 is 0 Å². The number of amidine groups is 1. The maximum absolute atomic E-state index is 14.2. The van der Waals surface area contributed by atoms with Gasteiger partial charge in [0.15, 0.2) is 6.80 Å². The first-order chi connectivity index (χ1) is 12.1. The van der Waals surface area contributed by atoms with Crippen molar-refractivity contribution in [3.8, 4) is 23.0 Å². The standard InChI is InChI=1S/C19H17F2N3O/c1-2-3-12-6-14(10-23-9-12)13-4-5-17(21)15(7-13)16-8-18(16)25-19(22)24-11-20/h4-7,9-10,16,18H,8,11H2,1H3,(H2,22,24)/t16?,18-/m1/s1. The highest BCUT2D eigenvalue weighted by Gasteiger charge is 2.43. The van der Waals surface area contributed by atoms with Crippen molar-refractivity contribution in [1.82, 2.24) is 4.98 Å². The number of ether oxygens (including phenoxy) is 1. The minimum Gasteiger partial charge on any atom is -0.461 e. The number of rotatable bonds is 4. The van der Waals surface area contributed by atoms with Gasteiger partial charge in [-0.25, -0.2) is 13.8 Å². The van der Waals surface area contributed by atoms with Crippen molar-refractivity contribution in [3.05, 3.63) is 53.6 Å². The lowest BCUT2D eigenvalue weighted by molar-refractivity contribution is 0.273. The number of alkyl halides is 1. The Kier molecular flexibility index (Phi) is 4.94. The first-order valence-corrected chi connectivity index (χ1v) is 7.82. The molecule has 25 heavy (non-hydrogen) atoms. The Morgan fingerprint density at radius 1 is 1.36 bits per heavy atom. The van der Waals surface area contributed by atoms with E-state index in [2.05, 4.69) is 21.8 Å². The van der Waals surface area contributed by atoms with Crippen LogP contribution in [0.25, 0.3) is 11.1 Å². The molecular formula is C19H17F2N3O. The maximum Gasteiger partial charge on any atom is 0.284 e. The third kappa shape index (κ3) is 3.94. The molecule has 1 aliphatic carbocycles. The smallest absolute Gasteiger partial charge is 0.284 e. The summed E-state index contributed by atoms with van der Waals surface area (Å²) in [6.45, 7) is 0.824. The van der Waals surface area contributed by atoms with E-state index in [4.69, 9.17) is 10.5 Å². The van der Waals surface area contributed by atoms with Crippen molar-refractivity contribution in [3.63, 3.8) is 0 Å². The van der Waals surface area contributed by atoms with Crippen LogP contribution in [-0.4, -0.2) is 23.9 Å². The van der Waals surface area contributed by atoms with E-state index in [1.54, 1.807) is 31.5 Å². The first kappa shape index (κ1) is 16.9. The second kappa shape index (κ2) is 7.31. The summed E-state index contributed by atoms with van der Waals surface area (Å²) in [7, 11) is 0. The molecule has 1 saturated carbocycles. The van der Waals surface area contributed by atoms with Gasteiger partial charge < -0.3 is 10.5 Å². The molecule has 1 aliphatic rings. The van der Waals surface area contributed by atoms with Gasteiger partial charge >= 0.3 is 0 Å². The number of hydrogen-bond acceptors (Lipinski definition) is 3. The van der Waals surface area contributed by atoms with E-state index in [0.29, 0.717) is 12.0 Å². The normalized spacial score (nSPS) is 19.1. The zero-order valence-corrected chi connectivity index (χ0v) is 13.7. The van der Waals surface area contributed by atoms with Crippen molar-refractivity contribution >= 4 is 6.02 Å². The largest absolute Gasteiger partial charge is 0.461 e. The van der Waals surface area contributed by atoms with Crippen LogP contribution in [0.3, 0.4) is 0 Å². The van der Waals surface area contributed by atoms with Gasteiger partial charge in [-0.1, -0.05) is 12.0 Å². The van der Waals surface area contributed by atoms with Crippen LogP contribution in [0.4, 0.5) is 8.78 Å². The molecule has 1 heterocycles. The molecule has 2 atom stereocenters. The molecule has 128 valence electrons. The molecule has 0 spiro atoms. The highest BCUT2D eigenvalue weighted by molar-refractivity contribution is 5.72. The van der Waals surface area contributed by atoms with Gasteiger partial charge in [-0.2, -0.15) is 0 Å². The molecule has 1 aromatic heterocycles. The maximum atomic E-state index is 14.2. The topological polar surface area (TPSA) is 60.5 Å². The van der Waals surface area contributed by atoms with E-state index in [0.717, 1.165) is 16.7 Å². The van der Waals surface area contributed by atoms with E-state index in [1.807, 2.05) is 6.07 Å². The lowest BCUT2D eigenvalue weighted by Gasteiger charge is -2.08. The number of aliphatic imine (C=N–C) groups is 1. The molecule has 0 amide bonds. The number of aromatic nitrogens is 1. The first-order valence-electron chi connectivity index (χ1n) is 7.82. The third-order valence-corrected chi connectivity index (χ3v) is 3.96. The number of nitrogens with two attached hydrogens (primary N) is 1. The van der Waals surface area contributed by atoms with E-state index in [-0.39, 0.29) is 23.9 Å². The summed E-state index contributed by atoms with van der Waals surface area (Å²) in [4.78, 5) is 7.52. The van der Waals surface area contributed by atoms with E-state index >= 15 is 0 Å². The van der Waals surface area contributed by atoms with Crippen LogP contribution in [0.2, 0.25) is 0 Å². The SMILES string of the molecule is CC#Cc1cncc(-c2ccc(F)c(C3C[C@H]3OC(N)=NCF)c2)c1. The fourth-order valence-electron chi connectivity index (χ4n) is 2.70. The summed E-state index contributed by atoms with van der Waals surface area (Å²) in [6.07, 6.45) is 3.73. The Labute approximate surface area is 144 Å². The summed E-state index contributed by atoms with van der Waals surface area (Å²) >= 11 is 0. The van der Waals surface area contributed by atoms with Crippen LogP contribution in [0.15, 0.2) is 41.7 Å². The molecule has 4 nitrogen and oxygen atoms in total. The third-order valence-electron chi connectivity index (χ3n) is 3.96. The fraction of sp³-hybridized carbons (Fsp3) is 0.263. The molecule has 0 radical (unpaired) electrons. The highest BCUT2D eigenvalue weighted by atomic mass is 19.1. The molecule has 6 heteroatoms. The number of halogens is 2. The average Bonchev–Trinajstić information content (AvgIpc) is 3.35. The van der Waals surface area contributed by atoms with Gasteiger partial charge in [0.05, 0.1) is 0 Å². The van der Waals surface area contributed by atoms with Crippen LogP contribution < -0.4 is 5.73 Å². The lowest BCUT2D eigenvalue weighted by Crippen LogP contribution is -2.18. The van der Waals surface area contributed by atoms with Crippen molar-refractivity contribution in [1.29, 1.82) is 0 Å². The van der Waals surface area contributed by atoms with Gasteiger partial charge in [0.2, 0.25) is 0 Å². The van der Waals surface area contributed by atoms with Crippen molar-refractivity contribution in [2.24, 2.45) is 10.7 Å². The summed E-state index contributed by atoms with van der Waals surface area (Å²) in [5.41, 5.74) is 8.49. The lowest BCUT2D eigenvalue weighted by atomic mass is 10.0. The summed E-state index contributed by atoms with van der Waals surface area (Å²) in [6, 6.07) is 6.62. The monoisotopic (exact) mass is 341 g/mol. The zero-order chi connectivity index (χ0) is 17.8. The minimum atomic E-state index is -0.933. The van der Waals surface area contributed by atoms with Crippen molar-refractivity contribution in [2.45, 2.75) is 25.4 Å². The minimum absolute atomic E-state index is 0.125. The Bertz CT molecular complexity index is 870. The molecule has 1 aromatic carbocycles. The van der Waals surface area contributed by atoms with E-state index in [1.165, 1.54) is 6.07 Å². The predicted molar refractivity (Wildman–Crippen MR) is 92.0 cm³/mol. The predicted octanol–water partition coefficient (Wildman–Crippen LogP) is 3.37. The Morgan fingerprint density at radius 3 is 2.96 bits per heavy atom. The van der Waals surface area contributed by atoms with Gasteiger partial charge in [0, 0.05) is 29.4 Å². The molecule has 1 fully saturated rings. The van der Waals surface area contributed by atoms with Gasteiger partial charge in [0.25, 0.3) is 6.02 Å². The van der Waals surface area contributed by atoms with Crippen LogP contribution in [0, 0.1) is 17.7 Å². The summed E-state index contributed by atoms with van der Waals surface area (Å²) in [5, 5.41) is 0. The molecular weight excluding hydrogens is 324 g/mol. The second-order valence-electron chi connectivity index (χ2n) is 5.69. The molecule has 0 bridgehead atoms. The number of nitrogens with zero attached hydrogens (tertiary/aromatic N) is 2.